The van der Waals surface area contributed by atoms with E-state index < -0.39 is 0 Å². The predicted octanol–water partition coefficient (Wildman–Crippen LogP) is 6.45. The van der Waals surface area contributed by atoms with Gasteiger partial charge in [-0.15, -0.1) is 0 Å². The van der Waals surface area contributed by atoms with E-state index in [9.17, 15) is 4.79 Å². The molecule has 23 heavy (non-hydrogen) atoms. The van der Waals surface area contributed by atoms with Crippen LogP contribution in [0, 0.1) is 5.92 Å². The van der Waals surface area contributed by atoms with Crippen LogP contribution in [-0.2, 0) is 11.2 Å². The average molecular weight is 315 g/mol. The number of Topliss-reactive ketones (excluding diaryl/α,β-unsaturated/α-hetero) is 1. The lowest BCUT2D eigenvalue weighted by Crippen LogP contribution is -2.23. The molecule has 1 aliphatic carbocycles. The third-order valence-electron chi connectivity index (χ3n) is 5.41. The zero-order chi connectivity index (χ0) is 16.5. The van der Waals surface area contributed by atoms with Crippen molar-refractivity contribution >= 4 is 5.78 Å². The lowest BCUT2D eigenvalue weighted by Gasteiger charge is -2.27. The van der Waals surface area contributed by atoms with Gasteiger partial charge in [0.15, 0.2) is 0 Å². The summed E-state index contributed by atoms with van der Waals surface area (Å²) >= 11 is 0. The van der Waals surface area contributed by atoms with Gasteiger partial charge in [0.05, 0.1) is 0 Å². The van der Waals surface area contributed by atoms with Crippen molar-refractivity contribution in [1.82, 2.24) is 0 Å². The van der Waals surface area contributed by atoms with Gasteiger partial charge >= 0.3 is 0 Å². The Balaban J connectivity index is 1.84. The van der Waals surface area contributed by atoms with E-state index in [1.165, 1.54) is 68.9 Å². The highest BCUT2D eigenvalue weighted by molar-refractivity contribution is 5.86. The summed E-state index contributed by atoms with van der Waals surface area (Å²) in [6.07, 6.45) is 13.3. The Labute approximate surface area is 142 Å². The van der Waals surface area contributed by atoms with Crippen LogP contribution in [0.25, 0.3) is 0 Å². The third kappa shape index (κ3) is 5.79. The molecule has 0 amide bonds. The molecular weight excluding hydrogens is 280 g/mol. The van der Waals surface area contributed by atoms with Gasteiger partial charge in [-0.25, -0.2) is 0 Å². The van der Waals surface area contributed by atoms with E-state index >= 15 is 0 Å². The first kappa shape index (κ1) is 18.2. The fourth-order valence-electron chi connectivity index (χ4n) is 3.87. The summed E-state index contributed by atoms with van der Waals surface area (Å²) < 4.78 is 0. The minimum atomic E-state index is 0.169. The van der Waals surface area contributed by atoms with Gasteiger partial charge in [0, 0.05) is 12.3 Å². The second kappa shape index (κ2) is 9.90. The Morgan fingerprint density at radius 2 is 1.61 bits per heavy atom. The molecule has 0 spiro atoms. The summed E-state index contributed by atoms with van der Waals surface area (Å²) in [6.45, 7) is 4.49. The molecule has 0 unspecified atom stereocenters. The molecule has 1 fully saturated rings. The average Bonchev–Trinajstić information content (AvgIpc) is 2.56. The van der Waals surface area contributed by atoms with E-state index in [1.807, 2.05) is 0 Å². The molecule has 1 aromatic rings. The third-order valence-corrected chi connectivity index (χ3v) is 5.41. The lowest BCUT2D eigenvalue weighted by molar-refractivity contribution is -0.123. The van der Waals surface area contributed by atoms with Gasteiger partial charge in [-0.05, 0) is 42.7 Å². The first-order valence-electron chi connectivity index (χ1n) is 9.86. The van der Waals surface area contributed by atoms with Crippen LogP contribution in [0.3, 0.4) is 0 Å². The van der Waals surface area contributed by atoms with Crippen molar-refractivity contribution in [3.63, 3.8) is 0 Å². The van der Waals surface area contributed by atoms with Gasteiger partial charge in [0.25, 0.3) is 0 Å². The Kier molecular flexibility index (Phi) is 7.85. The maximum absolute atomic E-state index is 12.5. The molecule has 1 nitrogen and oxygen atoms in total. The van der Waals surface area contributed by atoms with Crippen molar-refractivity contribution in [2.75, 3.05) is 0 Å². The summed E-state index contributed by atoms with van der Waals surface area (Å²) in [7, 11) is 0. The molecular formula is C22H34O. The van der Waals surface area contributed by atoms with Crippen LogP contribution >= 0.6 is 0 Å². The van der Waals surface area contributed by atoms with Crippen molar-refractivity contribution in [2.24, 2.45) is 5.92 Å². The maximum Gasteiger partial charge on any atom is 0.140 e. The summed E-state index contributed by atoms with van der Waals surface area (Å²) in [4.78, 5) is 12.5. The first-order valence-corrected chi connectivity index (χ1v) is 9.86. The zero-order valence-corrected chi connectivity index (χ0v) is 15.2. The summed E-state index contributed by atoms with van der Waals surface area (Å²) in [5.41, 5.74) is 2.67. The van der Waals surface area contributed by atoms with E-state index in [1.54, 1.807) is 0 Å². The molecule has 0 bridgehead atoms. The van der Waals surface area contributed by atoms with Crippen molar-refractivity contribution < 1.29 is 4.79 Å². The molecule has 2 rings (SSSR count). The maximum atomic E-state index is 12.5. The summed E-state index contributed by atoms with van der Waals surface area (Å²) in [5, 5.41) is 0. The Bertz CT molecular complexity index is 459. The number of carbonyl (C=O) groups is 1. The number of hydrogen-bond donors (Lipinski definition) is 0. The number of ketones is 1. The largest absolute Gasteiger partial charge is 0.299 e. The number of aryl methyl sites for hydroxylation is 1. The molecule has 0 radical (unpaired) electrons. The van der Waals surface area contributed by atoms with Gasteiger partial charge < -0.3 is 0 Å². The molecule has 0 saturated heterocycles. The van der Waals surface area contributed by atoms with Crippen LogP contribution in [0.2, 0.25) is 0 Å². The van der Waals surface area contributed by atoms with Gasteiger partial charge in [0.2, 0.25) is 0 Å². The minimum absolute atomic E-state index is 0.169. The van der Waals surface area contributed by atoms with Crippen molar-refractivity contribution in [1.29, 1.82) is 0 Å². The van der Waals surface area contributed by atoms with Crippen LogP contribution in [-0.4, -0.2) is 5.78 Å². The number of benzene rings is 1. The van der Waals surface area contributed by atoms with Gasteiger partial charge in [0.1, 0.15) is 5.78 Å². The number of carbonyl (C=O) groups excluding carboxylic acids is 1. The normalized spacial score (nSPS) is 21.6. The van der Waals surface area contributed by atoms with Gasteiger partial charge in [-0.1, -0.05) is 76.6 Å². The van der Waals surface area contributed by atoms with Crippen LogP contribution in [0.4, 0.5) is 0 Å². The molecule has 1 aliphatic rings. The molecule has 1 heteroatoms. The van der Waals surface area contributed by atoms with E-state index in [0.29, 0.717) is 11.7 Å². The topological polar surface area (TPSA) is 17.1 Å². The van der Waals surface area contributed by atoms with Crippen molar-refractivity contribution in [2.45, 2.75) is 90.4 Å². The number of hydrogen-bond acceptors (Lipinski definition) is 1. The highest BCUT2D eigenvalue weighted by Crippen LogP contribution is 2.35. The van der Waals surface area contributed by atoms with Crippen LogP contribution < -0.4 is 0 Å². The summed E-state index contributed by atoms with van der Waals surface area (Å²) in [6, 6.07) is 8.90. The molecule has 128 valence electrons. The fraction of sp³-hybridized carbons (Fsp3) is 0.682. The van der Waals surface area contributed by atoms with Gasteiger partial charge in [-0.2, -0.15) is 0 Å². The minimum Gasteiger partial charge on any atom is -0.299 e. The molecule has 1 aromatic carbocycles. The van der Waals surface area contributed by atoms with Crippen LogP contribution in [0.1, 0.15) is 95.1 Å². The first-order chi connectivity index (χ1) is 11.2. The lowest BCUT2D eigenvalue weighted by atomic mass is 9.76. The Hall–Kier alpha value is -1.11. The predicted molar refractivity (Wildman–Crippen MR) is 98.9 cm³/mol. The van der Waals surface area contributed by atoms with E-state index in [-0.39, 0.29) is 5.92 Å². The highest BCUT2D eigenvalue weighted by atomic mass is 16.1. The van der Waals surface area contributed by atoms with Crippen molar-refractivity contribution in [3.8, 4) is 0 Å². The quantitative estimate of drug-likeness (QED) is 0.478. The SMILES string of the molecule is CCCCCc1ccc([C@H]2CC[C@H](CCCCC)CC2=O)cc1. The van der Waals surface area contributed by atoms with Crippen LogP contribution in [0.15, 0.2) is 24.3 Å². The van der Waals surface area contributed by atoms with E-state index in [4.69, 9.17) is 0 Å². The molecule has 0 heterocycles. The standard InChI is InChI=1S/C22H34O/c1-3-5-7-9-18-11-14-20(15-12-18)21-16-13-19(17-22(21)23)10-8-6-4-2/h11-12,14-15,19,21H,3-10,13,16-17H2,1-2H3/t19-,21+/m0/s1. The smallest absolute Gasteiger partial charge is 0.140 e. The monoisotopic (exact) mass is 314 g/mol. The summed E-state index contributed by atoms with van der Waals surface area (Å²) in [5.74, 6) is 1.30. The van der Waals surface area contributed by atoms with Gasteiger partial charge in [-0.3, -0.25) is 4.79 Å². The number of unbranched alkanes of at least 4 members (excludes halogenated alkanes) is 4. The molecule has 0 N–H and O–H groups in total. The Morgan fingerprint density at radius 3 is 2.26 bits per heavy atom. The number of rotatable bonds is 9. The molecule has 0 aromatic heterocycles. The van der Waals surface area contributed by atoms with E-state index in [0.717, 1.165) is 12.8 Å². The van der Waals surface area contributed by atoms with Crippen LogP contribution in [0.5, 0.6) is 0 Å². The molecule has 2 atom stereocenters. The second-order valence-corrected chi connectivity index (χ2v) is 7.36. The zero-order valence-electron chi connectivity index (χ0n) is 15.2. The van der Waals surface area contributed by atoms with E-state index in [2.05, 4.69) is 38.1 Å². The van der Waals surface area contributed by atoms with Crippen molar-refractivity contribution in [3.05, 3.63) is 35.4 Å². The Morgan fingerprint density at radius 1 is 0.913 bits per heavy atom. The second-order valence-electron chi connectivity index (χ2n) is 7.36. The molecule has 0 aliphatic heterocycles. The molecule has 1 saturated carbocycles. The highest BCUT2D eigenvalue weighted by Gasteiger charge is 2.29. The fourth-order valence-corrected chi connectivity index (χ4v) is 3.87.